The molecule has 0 atom stereocenters. The maximum absolute atomic E-state index is 13.4. The number of hydrogen-bond donors (Lipinski definition) is 1. The summed E-state index contributed by atoms with van der Waals surface area (Å²) in [7, 11) is 0. The number of thioether (sulfide) groups is 1. The van der Waals surface area contributed by atoms with E-state index in [0.29, 0.717) is 10.9 Å². The zero-order chi connectivity index (χ0) is 22.5. The van der Waals surface area contributed by atoms with Crippen molar-refractivity contribution in [3.8, 4) is 0 Å². The fourth-order valence-corrected chi connectivity index (χ4v) is 3.96. The number of amidine groups is 1. The molecule has 3 aromatic rings. The Hall–Kier alpha value is -3.71. The molecule has 0 fully saturated rings. The average Bonchev–Trinajstić information content (AvgIpc) is 3.10. The minimum Gasteiger partial charge on any atom is -0.325 e. The van der Waals surface area contributed by atoms with Gasteiger partial charge in [0, 0.05) is 5.69 Å². The molecule has 1 aliphatic rings. The molecule has 32 heavy (non-hydrogen) atoms. The molecule has 0 saturated carbocycles. The predicted octanol–water partition coefficient (Wildman–Crippen LogP) is 5.25. The van der Waals surface area contributed by atoms with E-state index in [-0.39, 0.29) is 23.3 Å². The highest BCUT2D eigenvalue weighted by atomic mass is 32.2. The number of carbonyl (C=O) groups excluding carboxylic acids is 2. The van der Waals surface area contributed by atoms with Gasteiger partial charge >= 0.3 is 0 Å². The summed E-state index contributed by atoms with van der Waals surface area (Å²) >= 11 is 1.15. The maximum atomic E-state index is 13.4. The van der Waals surface area contributed by atoms with Crippen LogP contribution >= 0.6 is 11.8 Å². The van der Waals surface area contributed by atoms with E-state index in [1.165, 1.54) is 29.2 Å². The Balaban J connectivity index is 1.57. The molecule has 0 aromatic heterocycles. The number of hydrogen-bond acceptors (Lipinski definition) is 4. The Morgan fingerprint density at radius 3 is 2.44 bits per heavy atom. The molecule has 0 unspecified atom stereocenters. The fraction of sp³-hybridized carbons (Fsp3) is 0.0800. The Bertz CT molecular complexity index is 1210. The monoisotopic (exact) mass is 445 g/mol. The lowest BCUT2D eigenvalue weighted by Gasteiger charge is -2.17. The number of carbonyl (C=O) groups is 2. The van der Waals surface area contributed by atoms with Crippen LogP contribution in [0.5, 0.6) is 0 Å². The van der Waals surface area contributed by atoms with Gasteiger partial charge in [0.1, 0.15) is 11.5 Å². The normalized spacial score (nSPS) is 14.6. The van der Waals surface area contributed by atoms with Crippen molar-refractivity contribution in [1.29, 1.82) is 0 Å². The van der Waals surface area contributed by atoms with Gasteiger partial charge in [-0.05, 0) is 54.5 Å². The summed E-state index contributed by atoms with van der Waals surface area (Å²) in [6, 6.07) is 22.5. The molecule has 0 spiro atoms. The van der Waals surface area contributed by atoms with Crippen LogP contribution in [0.4, 0.5) is 15.8 Å². The molecular formula is C25H20FN3O2S. The number of anilines is 2. The second-order valence-electron chi connectivity index (χ2n) is 7.10. The minimum atomic E-state index is -0.399. The van der Waals surface area contributed by atoms with E-state index in [4.69, 9.17) is 0 Å². The number of nitrogens with one attached hydrogen (secondary N) is 1. The van der Waals surface area contributed by atoms with E-state index in [9.17, 15) is 14.0 Å². The van der Waals surface area contributed by atoms with Crippen molar-refractivity contribution < 1.29 is 14.0 Å². The third-order valence-corrected chi connectivity index (χ3v) is 5.71. The number of amides is 2. The van der Waals surface area contributed by atoms with Gasteiger partial charge in [0.2, 0.25) is 5.91 Å². The number of aryl methyl sites for hydroxylation is 1. The van der Waals surface area contributed by atoms with Crippen molar-refractivity contribution >= 4 is 46.2 Å². The van der Waals surface area contributed by atoms with Crippen molar-refractivity contribution in [2.24, 2.45) is 4.99 Å². The third kappa shape index (κ3) is 4.95. The molecule has 0 saturated heterocycles. The van der Waals surface area contributed by atoms with E-state index in [0.717, 1.165) is 28.6 Å². The Morgan fingerprint density at radius 2 is 1.72 bits per heavy atom. The van der Waals surface area contributed by atoms with Gasteiger partial charge in [-0.3, -0.25) is 14.5 Å². The van der Waals surface area contributed by atoms with E-state index in [1.807, 2.05) is 61.5 Å². The number of rotatable bonds is 5. The highest BCUT2D eigenvalue weighted by molar-refractivity contribution is 8.14. The van der Waals surface area contributed by atoms with Gasteiger partial charge in [0.15, 0.2) is 5.17 Å². The molecule has 0 aliphatic carbocycles. The van der Waals surface area contributed by atoms with Crippen LogP contribution < -0.4 is 10.2 Å². The summed E-state index contributed by atoms with van der Waals surface area (Å²) < 4.78 is 13.4. The van der Waals surface area contributed by atoms with E-state index in [2.05, 4.69) is 10.3 Å². The molecule has 0 radical (unpaired) electrons. The van der Waals surface area contributed by atoms with Crippen LogP contribution in [0.15, 0.2) is 89.6 Å². The molecule has 0 bridgehead atoms. The van der Waals surface area contributed by atoms with Gasteiger partial charge < -0.3 is 5.32 Å². The molecule has 2 amide bonds. The van der Waals surface area contributed by atoms with Crippen molar-refractivity contribution in [2.75, 3.05) is 16.0 Å². The second kappa shape index (κ2) is 9.62. The highest BCUT2D eigenvalue weighted by Gasteiger charge is 2.32. The molecule has 4 rings (SSSR count). The number of nitrogens with zero attached hydrogens (tertiary/aromatic N) is 2. The predicted molar refractivity (Wildman–Crippen MR) is 128 cm³/mol. The molecule has 1 N–H and O–H groups in total. The van der Waals surface area contributed by atoms with Crippen molar-refractivity contribution in [3.63, 3.8) is 0 Å². The Morgan fingerprint density at radius 1 is 1.03 bits per heavy atom. The van der Waals surface area contributed by atoms with Gasteiger partial charge in [-0.25, -0.2) is 9.38 Å². The van der Waals surface area contributed by atoms with Crippen molar-refractivity contribution in [3.05, 3.63) is 102 Å². The Kier molecular flexibility index (Phi) is 6.47. The lowest BCUT2D eigenvalue weighted by Crippen LogP contribution is -2.31. The number of benzene rings is 3. The van der Waals surface area contributed by atoms with Crippen LogP contribution in [0.3, 0.4) is 0 Å². The van der Waals surface area contributed by atoms with E-state index in [1.54, 1.807) is 6.08 Å². The zero-order valence-electron chi connectivity index (χ0n) is 17.3. The topological polar surface area (TPSA) is 61.8 Å². The first kappa shape index (κ1) is 21.5. The van der Waals surface area contributed by atoms with Gasteiger partial charge in [0.05, 0.1) is 11.4 Å². The van der Waals surface area contributed by atoms with Crippen molar-refractivity contribution in [1.82, 2.24) is 0 Å². The van der Waals surface area contributed by atoms with Crippen molar-refractivity contribution in [2.45, 2.75) is 6.92 Å². The summed E-state index contributed by atoms with van der Waals surface area (Å²) in [6.45, 7) is 1.92. The summed E-state index contributed by atoms with van der Waals surface area (Å²) in [4.78, 5) is 31.5. The van der Waals surface area contributed by atoms with Crippen LogP contribution in [0.2, 0.25) is 0 Å². The number of halogens is 1. The summed E-state index contributed by atoms with van der Waals surface area (Å²) in [5.41, 5.74) is 3.27. The third-order valence-electron chi connectivity index (χ3n) is 4.77. The summed E-state index contributed by atoms with van der Waals surface area (Å²) in [5.74, 6) is -0.873. The van der Waals surface area contributed by atoms with Gasteiger partial charge in [-0.2, -0.15) is 0 Å². The van der Waals surface area contributed by atoms with Crippen LogP contribution in [-0.4, -0.2) is 22.7 Å². The van der Waals surface area contributed by atoms with Crippen LogP contribution in [0.25, 0.3) is 6.08 Å². The standard InChI is InChI=1S/C25H20FN3O2S/c1-17-7-5-6-10-21(17)27-23(30)16-32-25-28-22(15-18-8-3-2-4-9-18)24(31)29(25)20-13-11-19(26)12-14-20/h2-15H,16H2,1H3,(H,27,30). The maximum Gasteiger partial charge on any atom is 0.283 e. The quantitative estimate of drug-likeness (QED) is 0.546. The lowest BCUT2D eigenvalue weighted by atomic mass is 10.2. The summed E-state index contributed by atoms with van der Waals surface area (Å²) in [6.07, 6.45) is 1.69. The number of aliphatic imine (C=N–C) groups is 1. The van der Waals surface area contributed by atoms with Gasteiger partial charge in [-0.1, -0.05) is 60.3 Å². The first-order valence-electron chi connectivity index (χ1n) is 9.95. The first-order valence-corrected chi connectivity index (χ1v) is 10.9. The molecule has 1 heterocycles. The molecule has 5 nitrogen and oxygen atoms in total. The van der Waals surface area contributed by atoms with Gasteiger partial charge in [0.25, 0.3) is 5.91 Å². The highest BCUT2D eigenvalue weighted by Crippen LogP contribution is 2.29. The fourth-order valence-electron chi connectivity index (χ4n) is 3.15. The average molecular weight is 446 g/mol. The molecule has 7 heteroatoms. The lowest BCUT2D eigenvalue weighted by molar-refractivity contribution is -0.114. The molecule has 3 aromatic carbocycles. The molecular weight excluding hydrogens is 425 g/mol. The SMILES string of the molecule is Cc1ccccc1NC(=O)CSC1=NC(=Cc2ccccc2)C(=O)N1c1ccc(F)cc1. The largest absolute Gasteiger partial charge is 0.325 e. The van der Waals surface area contributed by atoms with Crippen LogP contribution in [0.1, 0.15) is 11.1 Å². The summed E-state index contributed by atoms with van der Waals surface area (Å²) in [5, 5.41) is 3.24. The Labute approximate surface area is 189 Å². The molecule has 1 aliphatic heterocycles. The minimum absolute atomic E-state index is 0.0662. The molecule has 160 valence electrons. The number of para-hydroxylation sites is 1. The van der Waals surface area contributed by atoms with Gasteiger partial charge in [-0.15, -0.1) is 0 Å². The smallest absolute Gasteiger partial charge is 0.283 e. The first-order chi connectivity index (χ1) is 15.5. The van der Waals surface area contributed by atoms with E-state index < -0.39 is 5.82 Å². The van der Waals surface area contributed by atoms with Crippen LogP contribution in [0, 0.1) is 12.7 Å². The second-order valence-corrected chi connectivity index (χ2v) is 8.05. The van der Waals surface area contributed by atoms with E-state index >= 15 is 0 Å². The van der Waals surface area contributed by atoms with Crippen LogP contribution in [-0.2, 0) is 9.59 Å². The zero-order valence-corrected chi connectivity index (χ0v) is 18.1.